The van der Waals surface area contributed by atoms with Crippen molar-refractivity contribution in [2.75, 3.05) is 18.4 Å². The van der Waals surface area contributed by atoms with Gasteiger partial charge < -0.3 is 10.6 Å². The van der Waals surface area contributed by atoms with E-state index in [9.17, 15) is 0 Å². The predicted octanol–water partition coefficient (Wildman–Crippen LogP) is 0.949. The van der Waals surface area contributed by atoms with Crippen LogP contribution in [0.15, 0.2) is 12.3 Å². The lowest BCUT2D eigenvalue weighted by atomic mass is 10.1. The van der Waals surface area contributed by atoms with Crippen LogP contribution in [-0.2, 0) is 0 Å². The standard InChI is InChI=1S/C10H16N4/c1-8-4-6-12-14-10(8)13-9-3-2-5-11-7-9/h4,6,9,11H,2-3,5,7H2,1H3,(H,13,14). The zero-order valence-electron chi connectivity index (χ0n) is 8.45. The lowest BCUT2D eigenvalue weighted by Crippen LogP contribution is -2.38. The first-order valence-electron chi connectivity index (χ1n) is 5.12. The molecule has 14 heavy (non-hydrogen) atoms. The zero-order valence-corrected chi connectivity index (χ0v) is 8.45. The van der Waals surface area contributed by atoms with Gasteiger partial charge in [0, 0.05) is 12.6 Å². The summed E-state index contributed by atoms with van der Waals surface area (Å²) in [7, 11) is 0. The summed E-state index contributed by atoms with van der Waals surface area (Å²) in [5, 5.41) is 14.7. The minimum absolute atomic E-state index is 0.499. The van der Waals surface area contributed by atoms with Crippen molar-refractivity contribution in [2.24, 2.45) is 0 Å². The number of aryl methyl sites for hydroxylation is 1. The summed E-state index contributed by atoms with van der Waals surface area (Å²) in [6, 6.07) is 2.48. The Balaban J connectivity index is 1.99. The largest absolute Gasteiger partial charge is 0.364 e. The molecule has 2 heterocycles. The first kappa shape index (κ1) is 9.40. The Kier molecular flexibility index (Phi) is 2.93. The molecule has 1 unspecified atom stereocenters. The molecule has 0 radical (unpaired) electrons. The second kappa shape index (κ2) is 4.37. The smallest absolute Gasteiger partial charge is 0.151 e. The summed E-state index contributed by atoms with van der Waals surface area (Å²) in [4.78, 5) is 0. The summed E-state index contributed by atoms with van der Waals surface area (Å²) >= 11 is 0. The molecular formula is C10H16N4. The lowest BCUT2D eigenvalue weighted by molar-refractivity contribution is 0.478. The average Bonchev–Trinajstić information content (AvgIpc) is 2.23. The molecule has 1 saturated heterocycles. The van der Waals surface area contributed by atoms with E-state index in [1.54, 1.807) is 6.20 Å². The van der Waals surface area contributed by atoms with E-state index in [-0.39, 0.29) is 0 Å². The van der Waals surface area contributed by atoms with Gasteiger partial charge >= 0.3 is 0 Å². The van der Waals surface area contributed by atoms with Crippen LogP contribution in [0, 0.1) is 6.92 Å². The summed E-state index contributed by atoms with van der Waals surface area (Å²) < 4.78 is 0. The Morgan fingerprint density at radius 3 is 3.21 bits per heavy atom. The quantitative estimate of drug-likeness (QED) is 0.732. The Hall–Kier alpha value is -1.16. The van der Waals surface area contributed by atoms with E-state index in [1.165, 1.54) is 12.8 Å². The average molecular weight is 192 g/mol. The fourth-order valence-electron chi connectivity index (χ4n) is 1.71. The van der Waals surface area contributed by atoms with Crippen molar-refractivity contribution in [3.8, 4) is 0 Å². The fraction of sp³-hybridized carbons (Fsp3) is 0.600. The summed E-state index contributed by atoms with van der Waals surface area (Å²) in [5.74, 6) is 0.918. The van der Waals surface area contributed by atoms with E-state index in [1.807, 2.05) is 13.0 Å². The number of hydrogen-bond acceptors (Lipinski definition) is 4. The molecule has 4 heteroatoms. The maximum atomic E-state index is 4.08. The van der Waals surface area contributed by atoms with Gasteiger partial charge in [0.25, 0.3) is 0 Å². The van der Waals surface area contributed by atoms with E-state index in [0.29, 0.717) is 6.04 Å². The number of piperidine rings is 1. The molecule has 0 aromatic carbocycles. The number of nitrogens with zero attached hydrogens (tertiary/aromatic N) is 2. The second-order valence-electron chi connectivity index (χ2n) is 3.75. The number of anilines is 1. The molecule has 0 amide bonds. The zero-order chi connectivity index (χ0) is 9.80. The van der Waals surface area contributed by atoms with Crippen molar-refractivity contribution in [2.45, 2.75) is 25.8 Å². The van der Waals surface area contributed by atoms with Gasteiger partial charge in [-0.05, 0) is 37.9 Å². The summed E-state index contributed by atoms with van der Waals surface area (Å²) in [6.07, 6.45) is 4.17. The Bertz CT molecular complexity index is 294. The van der Waals surface area contributed by atoms with Crippen LogP contribution in [0.1, 0.15) is 18.4 Å². The number of rotatable bonds is 2. The molecule has 1 atom stereocenters. The third kappa shape index (κ3) is 2.20. The summed E-state index contributed by atoms with van der Waals surface area (Å²) in [6.45, 7) is 4.21. The SMILES string of the molecule is Cc1ccnnc1NC1CCCNC1. The van der Waals surface area contributed by atoms with Crippen LogP contribution in [0.4, 0.5) is 5.82 Å². The predicted molar refractivity (Wildman–Crippen MR) is 56.3 cm³/mol. The van der Waals surface area contributed by atoms with Crippen LogP contribution < -0.4 is 10.6 Å². The highest BCUT2D eigenvalue weighted by atomic mass is 15.2. The monoisotopic (exact) mass is 192 g/mol. The van der Waals surface area contributed by atoms with Crippen molar-refractivity contribution in [1.82, 2.24) is 15.5 Å². The first-order valence-corrected chi connectivity index (χ1v) is 5.12. The van der Waals surface area contributed by atoms with Crippen molar-refractivity contribution >= 4 is 5.82 Å². The van der Waals surface area contributed by atoms with Crippen molar-refractivity contribution in [1.29, 1.82) is 0 Å². The van der Waals surface area contributed by atoms with E-state index in [4.69, 9.17) is 0 Å². The van der Waals surface area contributed by atoms with Gasteiger partial charge in [-0.3, -0.25) is 0 Å². The Labute approximate surface area is 84.1 Å². The molecule has 0 saturated carbocycles. The molecule has 2 rings (SSSR count). The van der Waals surface area contributed by atoms with E-state index >= 15 is 0 Å². The maximum absolute atomic E-state index is 4.08. The molecule has 1 fully saturated rings. The molecular weight excluding hydrogens is 176 g/mol. The van der Waals surface area contributed by atoms with E-state index < -0.39 is 0 Å². The molecule has 76 valence electrons. The second-order valence-corrected chi connectivity index (χ2v) is 3.75. The van der Waals surface area contributed by atoms with Gasteiger partial charge in [-0.25, -0.2) is 0 Å². The van der Waals surface area contributed by atoms with Gasteiger partial charge in [-0.1, -0.05) is 0 Å². The van der Waals surface area contributed by atoms with Gasteiger partial charge in [-0.15, -0.1) is 5.10 Å². The Morgan fingerprint density at radius 2 is 2.50 bits per heavy atom. The van der Waals surface area contributed by atoms with Gasteiger partial charge in [-0.2, -0.15) is 5.10 Å². The molecule has 1 aromatic rings. The van der Waals surface area contributed by atoms with Gasteiger partial charge in [0.2, 0.25) is 0 Å². The van der Waals surface area contributed by atoms with Crippen LogP contribution in [0.2, 0.25) is 0 Å². The van der Waals surface area contributed by atoms with Crippen LogP contribution in [0.5, 0.6) is 0 Å². The van der Waals surface area contributed by atoms with Crippen LogP contribution in [-0.4, -0.2) is 29.3 Å². The van der Waals surface area contributed by atoms with Crippen LogP contribution in [0.25, 0.3) is 0 Å². The molecule has 2 N–H and O–H groups in total. The lowest BCUT2D eigenvalue weighted by Gasteiger charge is -2.24. The molecule has 0 bridgehead atoms. The van der Waals surface area contributed by atoms with E-state index in [0.717, 1.165) is 24.5 Å². The van der Waals surface area contributed by atoms with Crippen LogP contribution in [0.3, 0.4) is 0 Å². The third-order valence-corrected chi connectivity index (χ3v) is 2.56. The number of nitrogens with one attached hydrogen (secondary N) is 2. The molecule has 0 spiro atoms. The van der Waals surface area contributed by atoms with Gasteiger partial charge in [0.1, 0.15) is 0 Å². The first-order chi connectivity index (χ1) is 6.86. The highest BCUT2D eigenvalue weighted by molar-refractivity contribution is 5.42. The maximum Gasteiger partial charge on any atom is 0.151 e. The Morgan fingerprint density at radius 1 is 1.57 bits per heavy atom. The third-order valence-electron chi connectivity index (χ3n) is 2.56. The molecule has 4 nitrogen and oxygen atoms in total. The van der Waals surface area contributed by atoms with Crippen LogP contribution >= 0.6 is 0 Å². The normalized spacial score (nSPS) is 21.9. The number of hydrogen-bond donors (Lipinski definition) is 2. The topological polar surface area (TPSA) is 49.8 Å². The molecule has 1 aliphatic heterocycles. The minimum Gasteiger partial charge on any atom is -0.364 e. The molecule has 1 aromatic heterocycles. The van der Waals surface area contributed by atoms with Crippen molar-refractivity contribution in [3.63, 3.8) is 0 Å². The van der Waals surface area contributed by atoms with Crippen molar-refractivity contribution < 1.29 is 0 Å². The van der Waals surface area contributed by atoms with Crippen molar-refractivity contribution in [3.05, 3.63) is 17.8 Å². The fourth-order valence-corrected chi connectivity index (χ4v) is 1.71. The van der Waals surface area contributed by atoms with Gasteiger partial charge in [0.05, 0.1) is 6.20 Å². The highest BCUT2D eigenvalue weighted by Gasteiger charge is 2.13. The summed E-state index contributed by atoms with van der Waals surface area (Å²) in [5.41, 5.74) is 1.16. The highest BCUT2D eigenvalue weighted by Crippen LogP contribution is 2.12. The molecule has 1 aliphatic rings. The number of aromatic nitrogens is 2. The van der Waals surface area contributed by atoms with E-state index in [2.05, 4.69) is 20.8 Å². The minimum atomic E-state index is 0.499. The molecule has 0 aliphatic carbocycles. The van der Waals surface area contributed by atoms with Gasteiger partial charge in [0.15, 0.2) is 5.82 Å².